The van der Waals surface area contributed by atoms with Gasteiger partial charge in [0.2, 0.25) is 0 Å². The molecule has 0 saturated heterocycles. The summed E-state index contributed by atoms with van der Waals surface area (Å²) in [5.74, 6) is 0. The maximum absolute atomic E-state index is 10.8. The molecule has 6 heteroatoms. The zero-order valence-electron chi connectivity index (χ0n) is 11.0. The van der Waals surface area contributed by atoms with Crippen LogP contribution in [-0.2, 0) is 11.4 Å². The Kier molecular flexibility index (Phi) is 4.62. The Labute approximate surface area is 121 Å². The molecule has 0 aliphatic rings. The summed E-state index contributed by atoms with van der Waals surface area (Å²) in [6, 6.07) is 15.3. The molecule has 2 aromatic rings. The molecule has 6 nitrogen and oxygen atoms in total. The largest absolute Gasteiger partial charge is 0.391 e. The fourth-order valence-electron chi connectivity index (χ4n) is 1.72. The first-order valence-corrected chi connectivity index (χ1v) is 6.09. The number of nitriles is 1. The Balaban J connectivity index is 2.04. The molecule has 0 saturated carbocycles. The Hall–Kier alpha value is -3.20. The SMILES string of the molecule is N#Cc1ccccc1CON=Cc1ccccc1[N+](=O)[O-]. The summed E-state index contributed by atoms with van der Waals surface area (Å²) in [5, 5.41) is 23.5. The predicted octanol–water partition coefficient (Wildman–Crippen LogP) is 3.02. The minimum atomic E-state index is -0.480. The van der Waals surface area contributed by atoms with Crippen LogP contribution in [0.4, 0.5) is 5.69 Å². The quantitative estimate of drug-likeness (QED) is 0.478. The van der Waals surface area contributed by atoms with Crippen LogP contribution in [0, 0.1) is 21.4 Å². The van der Waals surface area contributed by atoms with Crippen molar-refractivity contribution in [2.45, 2.75) is 6.61 Å². The smallest absolute Gasteiger partial charge is 0.278 e. The van der Waals surface area contributed by atoms with Crippen molar-refractivity contribution in [1.82, 2.24) is 0 Å². The highest BCUT2D eigenvalue weighted by Gasteiger charge is 2.10. The zero-order chi connectivity index (χ0) is 15.1. The van der Waals surface area contributed by atoms with Crippen molar-refractivity contribution in [2.24, 2.45) is 5.16 Å². The van der Waals surface area contributed by atoms with Crippen LogP contribution in [0.15, 0.2) is 53.7 Å². The number of para-hydroxylation sites is 1. The van der Waals surface area contributed by atoms with E-state index in [0.29, 0.717) is 16.7 Å². The second-order valence-corrected chi connectivity index (χ2v) is 4.09. The Bertz CT molecular complexity index is 720. The van der Waals surface area contributed by atoms with Gasteiger partial charge in [-0.3, -0.25) is 10.1 Å². The lowest BCUT2D eigenvalue weighted by molar-refractivity contribution is -0.385. The summed E-state index contributed by atoms with van der Waals surface area (Å²) < 4.78 is 0. The number of hydrogen-bond donors (Lipinski definition) is 0. The molecular weight excluding hydrogens is 270 g/mol. The molecule has 0 aromatic heterocycles. The molecule has 0 unspecified atom stereocenters. The minimum Gasteiger partial charge on any atom is -0.391 e. The summed E-state index contributed by atoms with van der Waals surface area (Å²) in [6.45, 7) is 0.126. The number of hydrogen-bond acceptors (Lipinski definition) is 5. The fourth-order valence-corrected chi connectivity index (χ4v) is 1.72. The molecule has 0 N–H and O–H groups in total. The minimum absolute atomic E-state index is 0.0396. The highest BCUT2D eigenvalue weighted by atomic mass is 16.6. The van der Waals surface area contributed by atoms with Gasteiger partial charge >= 0.3 is 0 Å². The molecule has 0 aliphatic heterocycles. The number of nitrogens with zero attached hydrogens (tertiary/aromatic N) is 3. The monoisotopic (exact) mass is 281 g/mol. The van der Waals surface area contributed by atoms with Crippen molar-refractivity contribution in [1.29, 1.82) is 5.26 Å². The lowest BCUT2D eigenvalue weighted by Crippen LogP contribution is -1.95. The lowest BCUT2D eigenvalue weighted by Gasteiger charge is -2.01. The summed E-state index contributed by atoms with van der Waals surface area (Å²) in [4.78, 5) is 15.4. The van der Waals surface area contributed by atoms with E-state index in [4.69, 9.17) is 10.1 Å². The third kappa shape index (κ3) is 3.64. The van der Waals surface area contributed by atoms with Crippen LogP contribution in [-0.4, -0.2) is 11.1 Å². The van der Waals surface area contributed by atoms with Crippen molar-refractivity contribution in [3.05, 3.63) is 75.3 Å². The molecular formula is C15H11N3O3. The van der Waals surface area contributed by atoms with Crippen LogP contribution in [0.2, 0.25) is 0 Å². The number of nitro benzene ring substituents is 1. The van der Waals surface area contributed by atoms with Gasteiger partial charge < -0.3 is 4.84 Å². The summed E-state index contributed by atoms with van der Waals surface area (Å²) in [5.41, 5.74) is 1.54. The lowest BCUT2D eigenvalue weighted by atomic mass is 10.1. The molecule has 0 heterocycles. The summed E-state index contributed by atoms with van der Waals surface area (Å²) in [6.07, 6.45) is 1.28. The van der Waals surface area contributed by atoms with Crippen molar-refractivity contribution in [3.63, 3.8) is 0 Å². The van der Waals surface area contributed by atoms with Crippen molar-refractivity contribution in [3.8, 4) is 6.07 Å². The molecule has 0 amide bonds. The first kappa shape index (κ1) is 14.2. The Morgan fingerprint density at radius 2 is 1.95 bits per heavy atom. The van der Waals surface area contributed by atoms with Crippen molar-refractivity contribution < 1.29 is 9.76 Å². The molecule has 0 aliphatic carbocycles. The predicted molar refractivity (Wildman–Crippen MR) is 76.6 cm³/mol. The first-order chi connectivity index (χ1) is 10.2. The average molecular weight is 281 g/mol. The van der Waals surface area contributed by atoms with Gasteiger partial charge in [0.1, 0.15) is 6.61 Å². The summed E-state index contributed by atoms with van der Waals surface area (Å²) in [7, 11) is 0. The molecule has 2 rings (SSSR count). The maximum Gasteiger partial charge on any atom is 0.278 e. The van der Waals surface area contributed by atoms with Gasteiger partial charge in [0.15, 0.2) is 0 Å². The number of benzene rings is 2. The van der Waals surface area contributed by atoms with Gasteiger partial charge in [-0.25, -0.2) is 0 Å². The van der Waals surface area contributed by atoms with E-state index < -0.39 is 4.92 Å². The van der Waals surface area contributed by atoms with Crippen LogP contribution >= 0.6 is 0 Å². The number of nitro groups is 1. The standard InChI is InChI=1S/C15H11N3O3/c16-9-12-5-1-2-7-14(12)11-21-17-10-13-6-3-4-8-15(13)18(19)20/h1-8,10H,11H2. The van der Waals surface area contributed by atoms with Gasteiger partial charge in [-0.2, -0.15) is 5.26 Å². The van der Waals surface area contributed by atoms with Crippen LogP contribution < -0.4 is 0 Å². The van der Waals surface area contributed by atoms with Gasteiger partial charge in [-0.05, 0) is 12.1 Å². The first-order valence-electron chi connectivity index (χ1n) is 6.09. The highest BCUT2D eigenvalue weighted by molar-refractivity contribution is 5.84. The molecule has 104 valence electrons. The molecule has 0 radical (unpaired) electrons. The maximum atomic E-state index is 10.8. The molecule has 21 heavy (non-hydrogen) atoms. The van der Waals surface area contributed by atoms with Gasteiger partial charge in [-0.15, -0.1) is 0 Å². The molecule has 0 spiro atoms. The zero-order valence-corrected chi connectivity index (χ0v) is 11.0. The molecule has 2 aromatic carbocycles. The van der Waals surface area contributed by atoms with E-state index in [9.17, 15) is 10.1 Å². The molecule has 0 fully saturated rings. The average Bonchev–Trinajstić information content (AvgIpc) is 2.52. The Morgan fingerprint density at radius 3 is 2.71 bits per heavy atom. The van der Waals surface area contributed by atoms with Crippen LogP contribution in [0.3, 0.4) is 0 Å². The third-order valence-corrected chi connectivity index (χ3v) is 2.76. The van der Waals surface area contributed by atoms with Crippen molar-refractivity contribution in [2.75, 3.05) is 0 Å². The van der Waals surface area contributed by atoms with E-state index in [0.717, 1.165) is 0 Å². The normalized spacial score (nSPS) is 10.2. The molecule has 0 atom stereocenters. The van der Waals surface area contributed by atoms with Gasteiger partial charge in [-0.1, -0.05) is 35.5 Å². The van der Waals surface area contributed by atoms with E-state index in [1.807, 2.05) is 0 Å². The van der Waals surface area contributed by atoms with E-state index in [1.54, 1.807) is 42.5 Å². The second kappa shape index (κ2) is 6.82. The van der Waals surface area contributed by atoms with Gasteiger partial charge in [0, 0.05) is 11.6 Å². The summed E-state index contributed by atoms with van der Waals surface area (Å²) >= 11 is 0. The van der Waals surface area contributed by atoms with Crippen LogP contribution in [0.25, 0.3) is 0 Å². The van der Waals surface area contributed by atoms with Crippen molar-refractivity contribution >= 4 is 11.9 Å². The highest BCUT2D eigenvalue weighted by Crippen LogP contribution is 2.15. The second-order valence-electron chi connectivity index (χ2n) is 4.09. The third-order valence-electron chi connectivity index (χ3n) is 2.76. The van der Waals surface area contributed by atoms with E-state index in [2.05, 4.69) is 11.2 Å². The molecule has 0 bridgehead atoms. The van der Waals surface area contributed by atoms with Crippen LogP contribution in [0.5, 0.6) is 0 Å². The number of rotatable bonds is 5. The van der Waals surface area contributed by atoms with Crippen LogP contribution in [0.1, 0.15) is 16.7 Å². The Morgan fingerprint density at radius 1 is 1.24 bits per heavy atom. The topological polar surface area (TPSA) is 88.5 Å². The van der Waals surface area contributed by atoms with Gasteiger partial charge in [0.25, 0.3) is 5.69 Å². The van der Waals surface area contributed by atoms with E-state index in [1.165, 1.54) is 12.3 Å². The van der Waals surface area contributed by atoms with E-state index >= 15 is 0 Å². The van der Waals surface area contributed by atoms with E-state index in [-0.39, 0.29) is 12.3 Å². The fraction of sp³-hybridized carbons (Fsp3) is 0.0667. The number of oxime groups is 1. The van der Waals surface area contributed by atoms with Gasteiger partial charge in [0.05, 0.1) is 28.3 Å².